The maximum absolute atomic E-state index is 13.4. The third-order valence-electron chi connectivity index (χ3n) is 11.2. The van der Waals surface area contributed by atoms with E-state index in [2.05, 4.69) is 19.9 Å². The Bertz CT molecular complexity index is 1890. The summed E-state index contributed by atoms with van der Waals surface area (Å²) in [5.41, 5.74) is 0.834. The molecule has 13 atom stereocenters. The van der Waals surface area contributed by atoms with Gasteiger partial charge in [-0.25, -0.2) is 9.59 Å². The average molecular weight is 901 g/mol. The first-order chi connectivity index (χ1) is 30.6. The number of allylic oxidation sites excluding steroid dienone is 9. The normalized spacial score (nSPS) is 30.4. The highest BCUT2D eigenvalue weighted by molar-refractivity contribution is 5.82. The number of ether oxygens (including phenoxy) is 6. The summed E-state index contributed by atoms with van der Waals surface area (Å²) >= 11 is 0. The van der Waals surface area contributed by atoms with E-state index >= 15 is 0 Å². The van der Waals surface area contributed by atoms with Crippen molar-refractivity contribution in [3.8, 4) is 11.5 Å². The number of aromatic hydroxyl groups is 2. The number of carbonyl (C=O) groups is 2. The molecule has 3 aliphatic heterocycles. The Morgan fingerprint density at radius 2 is 1.59 bits per heavy atom. The smallest absolute Gasteiger partial charge is 0.331 e. The van der Waals surface area contributed by atoms with Crippen molar-refractivity contribution in [1.29, 1.82) is 0 Å². The van der Waals surface area contributed by atoms with Crippen molar-refractivity contribution in [3.05, 3.63) is 108 Å². The number of carbonyl (C=O) groups excluding carboxylic acids is 2. The van der Waals surface area contributed by atoms with Crippen molar-refractivity contribution in [2.45, 2.75) is 140 Å². The molecule has 0 radical (unpaired) electrons. The summed E-state index contributed by atoms with van der Waals surface area (Å²) in [4.78, 5) is 25.8. The van der Waals surface area contributed by atoms with E-state index < -0.39 is 104 Å². The van der Waals surface area contributed by atoms with E-state index in [4.69, 9.17) is 28.4 Å². The molecule has 354 valence electrons. The molecule has 0 unspecified atom stereocenters. The lowest BCUT2D eigenvalue weighted by Gasteiger charge is -2.50. The molecule has 64 heavy (non-hydrogen) atoms. The summed E-state index contributed by atoms with van der Waals surface area (Å²) in [6.07, 6.45) is 6.33. The number of phenolic OH excluding ortho intramolecular Hbond substituents is 2. The van der Waals surface area contributed by atoms with Gasteiger partial charge in [-0.15, -0.1) is 0 Å². The van der Waals surface area contributed by atoms with Crippen LogP contribution in [0.3, 0.4) is 0 Å². The van der Waals surface area contributed by atoms with Gasteiger partial charge in [-0.2, -0.15) is 0 Å². The van der Waals surface area contributed by atoms with Crippen LogP contribution in [0, 0.1) is 5.92 Å². The van der Waals surface area contributed by atoms with E-state index in [9.17, 15) is 55.5 Å². The van der Waals surface area contributed by atoms with Crippen LogP contribution in [0.5, 0.6) is 11.5 Å². The predicted molar refractivity (Wildman–Crippen MR) is 231 cm³/mol. The fourth-order valence-corrected chi connectivity index (χ4v) is 7.09. The molecule has 1 aromatic carbocycles. The standard InChI is InChI=1S/C47H64O17/c1-5-28(3)17-11-9-12-18-29(4)33(51)20-14-10-16-22-38(54)62-44-43(35(25-48)64-47(45(44)58)39-30(26-60-47)23-32(50)24-34(39)52)63-46-42(57)41(56)40(55)36(61-46)27-59-37(53)21-15-8-7-13-19-31(49)6-2/h7-10,12-16,18-19,21-24,28,31,33,35-36,40-46,48-52,55-58H,5-6,11,17,20,25-27H2,1-4H3/b8-7+,12-9+,14-10+,19-13+,21-15+,22-16+,29-18+/t28-,31+,33-,35+,36+,40+,41-,42-,43-,44+,45+,46-,47-/m0/s1. The molecule has 9 N–H and O–H groups in total. The number of phenols is 2. The highest BCUT2D eigenvalue weighted by Gasteiger charge is 2.63. The molecule has 2 saturated heterocycles. The molecule has 0 saturated carbocycles. The van der Waals surface area contributed by atoms with Crippen molar-refractivity contribution in [3.63, 3.8) is 0 Å². The van der Waals surface area contributed by atoms with Crippen molar-refractivity contribution in [2.24, 2.45) is 5.92 Å². The zero-order valence-electron chi connectivity index (χ0n) is 36.5. The lowest BCUT2D eigenvalue weighted by molar-refractivity contribution is -0.395. The van der Waals surface area contributed by atoms with Crippen molar-refractivity contribution < 1.29 is 84.0 Å². The van der Waals surface area contributed by atoms with E-state index in [1.54, 1.807) is 31.2 Å². The van der Waals surface area contributed by atoms with E-state index in [-0.39, 0.29) is 29.9 Å². The Kier molecular flexibility index (Phi) is 20.6. The maximum Gasteiger partial charge on any atom is 0.331 e. The van der Waals surface area contributed by atoms with Gasteiger partial charge in [0.15, 0.2) is 18.5 Å². The Morgan fingerprint density at radius 3 is 2.31 bits per heavy atom. The maximum atomic E-state index is 13.4. The van der Waals surface area contributed by atoms with Gasteiger partial charge in [0, 0.05) is 18.2 Å². The molecule has 0 amide bonds. The van der Waals surface area contributed by atoms with Crippen molar-refractivity contribution in [2.75, 3.05) is 13.2 Å². The third-order valence-corrected chi connectivity index (χ3v) is 11.2. The van der Waals surface area contributed by atoms with Crippen molar-refractivity contribution >= 4 is 11.9 Å². The van der Waals surface area contributed by atoms with E-state index in [1.165, 1.54) is 30.4 Å². The minimum Gasteiger partial charge on any atom is -0.508 e. The monoisotopic (exact) mass is 900 g/mol. The zero-order chi connectivity index (χ0) is 47.0. The minimum absolute atomic E-state index is 0.121. The molecule has 0 aromatic heterocycles. The number of esters is 2. The summed E-state index contributed by atoms with van der Waals surface area (Å²) in [5.74, 6) is -4.40. The molecule has 2 fully saturated rings. The molecule has 17 heteroatoms. The molecule has 3 heterocycles. The number of aliphatic hydroxyl groups excluding tert-OH is 7. The molecule has 0 aliphatic carbocycles. The number of benzene rings is 1. The summed E-state index contributed by atoms with van der Waals surface area (Å²) in [6.45, 7) is 6.16. The summed E-state index contributed by atoms with van der Waals surface area (Å²) in [6, 6.07) is 2.25. The number of hydrogen-bond donors (Lipinski definition) is 9. The van der Waals surface area contributed by atoms with Crippen LogP contribution in [0.4, 0.5) is 0 Å². The van der Waals surface area contributed by atoms with E-state index in [1.807, 2.05) is 19.1 Å². The average Bonchev–Trinajstić information content (AvgIpc) is 3.64. The minimum atomic E-state index is -2.28. The van der Waals surface area contributed by atoms with Crippen LogP contribution in [0.15, 0.2) is 96.7 Å². The van der Waals surface area contributed by atoms with Crippen LogP contribution in [-0.4, -0.2) is 138 Å². The summed E-state index contributed by atoms with van der Waals surface area (Å²) in [7, 11) is 0. The van der Waals surface area contributed by atoms with Gasteiger partial charge in [0.05, 0.1) is 31.0 Å². The Morgan fingerprint density at radius 1 is 0.875 bits per heavy atom. The van der Waals surface area contributed by atoms with Gasteiger partial charge < -0.3 is 74.4 Å². The van der Waals surface area contributed by atoms with E-state index in [0.717, 1.165) is 43.1 Å². The second kappa shape index (κ2) is 25.3. The Hall–Kier alpha value is -4.50. The van der Waals surface area contributed by atoms with Gasteiger partial charge in [-0.05, 0) is 55.7 Å². The van der Waals surface area contributed by atoms with Crippen LogP contribution in [0.2, 0.25) is 0 Å². The second-order valence-electron chi connectivity index (χ2n) is 16.0. The first-order valence-electron chi connectivity index (χ1n) is 21.5. The van der Waals surface area contributed by atoms with Crippen LogP contribution >= 0.6 is 0 Å². The molecule has 3 aliphatic rings. The van der Waals surface area contributed by atoms with Crippen molar-refractivity contribution in [1.82, 2.24) is 0 Å². The fraction of sp³-hybridized carbons (Fsp3) is 0.532. The lowest BCUT2D eigenvalue weighted by Crippen LogP contribution is -2.67. The largest absolute Gasteiger partial charge is 0.508 e. The molecule has 17 nitrogen and oxygen atoms in total. The molecular weight excluding hydrogens is 837 g/mol. The molecular formula is C47H64O17. The van der Waals surface area contributed by atoms with Gasteiger partial charge in [0.1, 0.15) is 54.7 Å². The molecule has 0 bridgehead atoms. The number of hydrogen-bond acceptors (Lipinski definition) is 17. The summed E-state index contributed by atoms with van der Waals surface area (Å²) < 4.78 is 34.6. The fourth-order valence-electron chi connectivity index (χ4n) is 7.09. The van der Waals surface area contributed by atoms with E-state index in [0.29, 0.717) is 12.3 Å². The van der Waals surface area contributed by atoms with Gasteiger partial charge in [0.2, 0.25) is 5.79 Å². The lowest BCUT2D eigenvalue weighted by atomic mass is 9.86. The van der Waals surface area contributed by atoms with Crippen LogP contribution < -0.4 is 0 Å². The number of aliphatic hydroxyl groups is 7. The van der Waals surface area contributed by atoms with Crippen LogP contribution in [-0.2, 0) is 50.4 Å². The van der Waals surface area contributed by atoms with Crippen LogP contribution in [0.1, 0.15) is 70.9 Å². The van der Waals surface area contributed by atoms with Gasteiger partial charge in [0.25, 0.3) is 0 Å². The quantitative estimate of drug-likeness (QED) is 0.0488. The Labute approximate surface area is 373 Å². The third kappa shape index (κ3) is 14.0. The molecule has 4 rings (SSSR count). The topological polar surface area (TPSA) is 272 Å². The highest BCUT2D eigenvalue weighted by atomic mass is 16.8. The molecule has 1 aromatic rings. The zero-order valence-corrected chi connectivity index (χ0v) is 36.5. The first-order valence-corrected chi connectivity index (χ1v) is 21.5. The Balaban J connectivity index is 1.51. The first kappa shape index (κ1) is 52.1. The van der Waals surface area contributed by atoms with Gasteiger partial charge in [-0.1, -0.05) is 94.0 Å². The van der Waals surface area contributed by atoms with Crippen LogP contribution in [0.25, 0.3) is 0 Å². The summed E-state index contributed by atoms with van der Waals surface area (Å²) in [5, 5.41) is 96.3. The predicted octanol–water partition coefficient (Wildman–Crippen LogP) is 2.81. The number of rotatable bonds is 21. The van der Waals surface area contributed by atoms with Gasteiger partial charge in [-0.3, -0.25) is 0 Å². The number of fused-ring (bicyclic) bond motifs is 2. The highest BCUT2D eigenvalue weighted by Crippen LogP contribution is 2.51. The molecule has 1 spiro atoms. The van der Waals surface area contributed by atoms with Gasteiger partial charge >= 0.3 is 11.9 Å². The SMILES string of the molecule is CC[C@H](C)CC/C=C/C=C(\C)[C@@H](O)C/C=C/C=C/C(=O)O[C@@H]1[C@@H](O[C@@H]2O[C@H](COC(=O)/C=C/C=C/C=C/[C@H](O)CC)[C@@H](O)[C@H](O)[C@@H]2O)[C@@H](CO)O[C@]2(OCc3cc(O)cc(O)c32)[C@@H]1O. The second-order valence-corrected chi connectivity index (χ2v) is 16.0.